The van der Waals surface area contributed by atoms with E-state index in [4.69, 9.17) is 4.74 Å². The number of aldehydes is 1. The van der Waals surface area contributed by atoms with Gasteiger partial charge in [-0.3, -0.25) is 14.7 Å². The zero-order valence-electron chi connectivity index (χ0n) is 13.9. The second kappa shape index (κ2) is 6.86. The fourth-order valence-corrected chi connectivity index (χ4v) is 2.51. The van der Waals surface area contributed by atoms with Gasteiger partial charge in [0.1, 0.15) is 11.6 Å². The molecular formula is C16H21N3O5. The van der Waals surface area contributed by atoms with Crippen LogP contribution in [0.1, 0.15) is 31.1 Å². The molecule has 1 aromatic heterocycles. The molecule has 1 amide bonds. The molecular weight excluding hydrogens is 314 g/mol. The average Bonchev–Trinajstić information content (AvgIpc) is 2.52. The van der Waals surface area contributed by atoms with E-state index in [0.717, 1.165) is 0 Å². The number of amides is 1. The standard InChI is InChI=1S/C16H21N3O5/c1-16(2,3)24-15(23)19-7-6-18(9-13(19)14(21)22)12-8-17-5-4-11(12)10-20/h4-5,8,10,13H,6-7,9H2,1-3H3,(H,21,22). The quantitative estimate of drug-likeness (QED) is 0.833. The summed E-state index contributed by atoms with van der Waals surface area (Å²) >= 11 is 0. The third-order valence-corrected chi connectivity index (χ3v) is 3.59. The van der Waals surface area contributed by atoms with Gasteiger partial charge >= 0.3 is 12.1 Å². The summed E-state index contributed by atoms with van der Waals surface area (Å²) < 4.78 is 5.28. The van der Waals surface area contributed by atoms with E-state index >= 15 is 0 Å². The normalized spacial score (nSPS) is 18.2. The van der Waals surface area contributed by atoms with Crippen LogP contribution < -0.4 is 4.90 Å². The van der Waals surface area contributed by atoms with Gasteiger partial charge in [0.25, 0.3) is 0 Å². The molecule has 0 spiro atoms. The molecule has 1 fully saturated rings. The van der Waals surface area contributed by atoms with Gasteiger partial charge in [-0.05, 0) is 26.8 Å². The topological polar surface area (TPSA) is 100 Å². The van der Waals surface area contributed by atoms with Gasteiger partial charge in [-0.2, -0.15) is 0 Å². The third kappa shape index (κ3) is 4.01. The fourth-order valence-electron chi connectivity index (χ4n) is 2.51. The minimum atomic E-state index is -1.12. The number of carbonyl (C=O) groups excluding carboxylic acids is 2. The molecule has 1 aromatic rings. The predicted molar refractivity (Wildman–Crippen MR) is 86.2 cm³/mol. The monoisotopic (exact) mass is 335 g/mol. The molecule has 1 aliphatic rings. The summed E-state index contributed by atoms with van der Waals surface area (Å²) in [5.41, 5.74) is 0.285. The Morgan fingerprint density at radius 3 is 2.67 bits per heavy atom. The largest absolute Gasteiger partial charge is 0.480 e. The Hall–Kier alpha value is -2.64. The highest BCUT2D eigenvalue weighted by Crippen LogP contribution is 2.23. The molecule has 0 radical (unpaired) electrons. The zero-order chi connectivity index (χ0) is 17.9. The first-order valence-corrected chi connectivity index (χ1v) is 7.59. The van der Waals surface area contributed by atoms with E-state index in [1.807, 2.05) is 0 Å². The third-order valence-electron chi connectivity index (χ3n) is 3.59. The van der Waals surface area contributed by atoms with Crippen molar-refractivity contribution >= 4 is 24.0 Å². The number of aromatic nitrogens is 1. The van der Waals surface area contributed by atoms with Gasteiger partial charge in [-0.1, -0.05) is 0 Å². The van der Waals surface area contributed by atoms with Gasteiger partial charge in [0, 0.05) is 31.4 Å². The second-order valence-corrected chi connectivity index (χ2v) is 6.53. The average molecular weight is 335 g/mol. The highest BCUT2D eigenvalue weighted by atomic mass is 16.6. The number of nitrogens with zero attached hydrogens (tertiary/aromatic N) is 3. The number of hydrogen-bond acceptors (Lipinski definition) is 6. The molecule has 2 heterocycles. The Morgan fingerprint density at radius 1 is 1.38 bits per heavy atom. The summed E-state index contributed by atoms with van der Waals surface area (Å²) in [6, 6.07) is 0.506. The van der Waals surface area contributed by atoms with Gasteiger partial charge in [-0.25, -0.2) is 9.59 Å². The Balaban J connectivity index is 2.20. The number of carbonyl (C=O) groups is 3. The van der Waals surface area contributed by atoms with Crippen molar-refractivity contribution in [2.75, 3.05) is 24.5 Å². The molecule has 0 aliphatic carbocycles. The van der Waals surface area contributed by atoms with Crippen molar-refractivity contribution in [1.29, 1.82) is 0 Å². The molecule has 1 unspecified atom stereocenters. The van der Waals surface area contributed by atoms with Gasteiger partial charge in [-0.15, -0.1) is 0 Å². The van der Waals surface area contributed by atoms with Crippen LogP contribution in [0.3, 0.4) is 0 Å². The van der Waals surface area contributed by atoms with Crippen LogP contribution >= 0.6 is 0 Å². The van der Waals surface area contributed by atoms with Gasteiger partial charge in [0.2, 0.25) is 0 Å². The van der Waals surface area contributed by atoms with Gasteiger partial charge in [0.15, 0.2) is 6.29 Å². The van der Waals surface area contributed by atoms with Gasteiger partial charge in [0.05, 0.1) is 11.9 Å². The first-order chi connectivity index (χ1) is 11.2. The zero-order valence-corrected chi connectivity index (χ0v) is 13.9. The summed E-state index contributed by atoms with van der Waals surface area (Å²) in [5, 5.41) is 9.49. The van der Waals surface area contributed by atoms with Gasteiger partial charge < -0.3 is 14.7 Å². The number of piperazine rings is 1. The van der Waals surface area contributed by atoms with Crippen molar-refractivity contribution in [3.8, 4) is 0 Å². The molecule has 0 aromatic carbocycles. The Bertz CT molecular complexity index is 641. The molecule has 2 rings (SSSR count). The lowest BCUT2D eigenvalue weighted by molar-refractivity contribution is -0.143. The summed E-state index contributed by atoms with van der Waals surface area (Å²) in [6.07, 6.45) is 3.06. The van der Waals surface area contributed by atoms with Crippen LogP contribution in [-0.4, -0.2) is 64.6 Å². The SMILES string of the molecule is CC(C)(C)OC(=O)N1CCN(c2cnccc2C=O)CC1C(=O)O. The first-order valence-electron chi connectivity index (χ1n) is 7.59. The van der Waals surface area contributed by atoms with Crippen LogP contribution in [-0.2, 0) is 9.53 Å². The van der Waals surface area contributed by atoms with Crippen LogP contribution in [0.2, 0.25) is 0 Å². The minimum Gasteiger partial charge on any atom is -0.480 e. The number of carboxylic acid groups (broad SMARTS) is 1. The highest BCUT2D eigenvalue weighted by molar-refractivity contribution is 5.85. The van der Waals surface area contributed by atoms with E-state index in [-0.39, 0.29) is 13.1 Å². The minimum absolute atomic E-state index is 0.0567. The molecule has 1 aliphatic heterocycles. The summed E-state index contributed by atoms with van der Waals surface area (Å²) in [7, 11) is 0. The number of ether oxygens (including phenoxy) is 1. The van der Waals surface area contributed by atoms with Crippen LogP contribution in [0.5, 0.6) is 0 Å². The molecule has 1 N–H and O–H groups in total. The summed E-state index contributed by atoms with van der Waals surface area (Å²) in [5.74, 6) is -1.12. The molecule has 0 bridgehead atoms. The van der Waals surface area contributed by atoms with Crippen molar-refractivity contribution in [3.63, 3.8) is 0 Å². The number of rotatable bonds is 3. The molecule has 1 saturated heterocycles. The molecule has 24 heavy (non-hydrogen) atoms. The van der Waals surface area contributed by atoms with Crippen LogP contribution in [0.4, 0.5) is 10.5 Å². The maximum absolute atomic E-state index is 12.2. The Morgan fingerprint density at radius 2 is 2.08 bits per heavy atom. The number of aliphatic carboxylic acids is 1. The van der Waals surface area contributed by atoms with Crippen molar-refractivity contribution in [3.05, 3.63) is 24.0 Å². The predicted octanol–water partition coefficient (Wildman–Crippen LogP) is 1.40. The number of carboxylic acids is 1. The molecule has 8 heteroatoms. The van der Waals surface area contributed by atoms with E-state index in [2.05, 4.69) is 4.98 Å². The maximum Gasteiger partial charge on any atom is 0.411 e. The first kappa shape index (κ1) is 17.7. The van der Waals surface area contributed by atoms with E-state index < -0.39 is 23.7 Å². The fraction of sp³-hybridized carbons (Fsp3) is 0.500. The number of hydrogen-bond donors (Lipinski definition) is 1. The lowest BCUT2D eigenvalue weighted by Gasteiger charge is -2.40. The maximum atomic E-state index is 12.2. The van der Waals surface area contributed by atoms with Crippen molar-refractivity contribution in [2.45, 2.75) is 32.4 Å². The summed E-state index contributed by atoms with van der Waals surface area (Å²) in [4.78, 5) is 42.0. The Kier molecular flexibility index (Phi) is 5.06. The highest BCUT2D eigenvalue weighted by Gasteiger charge is 2.38. The van der Waals surface area contributed by atoms with E-state index in [9.17, 15) is 19.5 Å². The number of pyridine rings is 1. The lowest BCUT2D eigenvalue weighted by atomic mass is 10.1. The molecule has 1 atom stereocenters. The Labute approximate surface area is 140 Å². The number of anilines is 1. The van der Waals surface area contributed by atoms with Crippen LogP contribution in [0.25, 0.3) is 0 Å². The molecule has 130 valence electrons. The van der Waals surface area contributed by atoms with Crippen molar-refractivity contribution in [1.82, 2.24) is 9.88 Å². The van der Waals surface area contributed by atoms with E-state index in [0.29, 0.717) is 24.1 Å². The van der Waals surface area contributed by atoms with Crippen LogP contribution in [0, 0.1) is 0 Å². The van der Waals surface area contributed by atoms with Crippen molar-refractivity contribution < 1.29 is 24.2 Å². The molecule has 8 nitrogen and oxygen atoms in total. The lowest BCUT2D eigenvalue weighted by Crippen LogP contribution is -2.59. The second-order valence-electron chi connectivity index (χ2n) is 6.53. The smallest absolute Gasteiger partial charge is 0.411 e. The van der Waals surface area contributed by atoms with E-state index in [1.54, 1.807) is 31.7 Å². The van der Waals surface area contributed by atoms with Crippen molar-refractivity contribution in [2.24, 2.45) is 0 Å². The molecule has 0 saturated carbocycles. The van der Waals surface area contributed by atoms with Crippen LogP contribution in [0.15, 0.2) is 18.5 Å². The van der Waals surface area contributed by atoms with E-state index in [1.165, 1.54) is 17.3 Å². The summed E-state index contributed by atoms with van der Waals surface area (Å²) in [6.45, 7) is 5.80.